The Morgan fingerprint density at radius 1 is 0.794 bits per heavy atom. The van der Waals surface area contributed by atoms with Crippen molar-refractivity contribution in [3.63, 3.8) is 0 Å². The molecular weight excluding hydrogens is 414 g/mol. The largest absolute Gasteiger partial charge is 0.378 e. The first-order chi connectivity index (χ1) is 16.7. The van der Waals surface area contributed by atoms with Gasteiger partial charge in [0.1, 0.15) is 0 Å². The zero-order valence-electron chi connectivity index (χ0n) is 19.8. The highest BCUT2D eigenvalue weighted by Gasteiger charge is 2.24. The van der Waals surface area contributed by atoms with Gasteiger partial charge in [0.2, 0.25) is 0 Å². The van der Waals surface area contributed by atoms with Crippen LogP contribution in [0.25, 0.3) is 32.9 Å². The maximum Gasteiger partial charge on any atom is 0.0757 e. The number of benzene rings is 4. The van der Waals surface area contributed by atoms with E-state index in [4.69, 9.17) is 4.98 Å². The zero-order chi connectivity index (χ0) is 23.1. The minimum Gasteiger partial charge on any atom is -0.378 e. The van der Waals surface area contributed by atoms with Gasteiger partial charge in [0.15, 0.2) is 0 Å². The van der Waals surface area contributed by atoms with Crippen LogP contribution in [-0.4, -0.2) is 30.5 Å². The summed E-state index contributed by atoms with van der Waals surface area (Å²) < 4.78 is 0. The van der Waals surface area contributed by atoms with Crippen LogP contribution in [0.15, 0.2) is 91.0 Å². The Labute approximate surface area is 201 Å². The van der Waals surface area contributed by atoms with Crippen LogP contribution in [0.4, 0.5) is 5.69 Å². The van der Waals surface area contributed by atoms with Crippen LogP contribution >= 0.6 is 0 Å². The van der Waals surface area contributed by atoms with E-state index in [0.717, 1.165) is 37.3 Å². The Bertz CT molecular complexity index is 1470. The fraction of sp³-hybridized carbons (Fsp3) is 0.194. The average Bonchev–Trinajstić information content (AvgIpc) is 2.88. The molecule has 2 heterocycles. The predicted octanol–water partition coefficient (Wildman–Crippen LogP) is 6.68. The highest BCUT2D eigenvalue weighted by Crippen LogP contribution is 2.38. The highest BCUT2D eigenvalue weighted by molar-refractivity contribution is 6.09. The Balaban J connectivity index is 1.52. The first kappa shape index (κ1) is 20.9. The molecule has 0 aliphatic carbocycles. The minimum atomic E-state index is 0.918. The van der Waals surface area contributed by atoms with E-state index in [2.05, 4.69) is 115 Å². The van der Waals surface area contributed by atoms with Gasteiger partial charge in [0.25, 0.3) is 0 Å². The molecule has 3 nitrogen and oxygen atoms in total. The van der Waals surface area contributed by atoms with E-state index in [1.165, 1.54) is 44.1 Å². The molecule has 0 spiro atoms. The summed E-state index contributed by atoms with van der Waals surface area (Å²) in [5, 5.41) is 3.93. The van der Waals surface area contributed by atoms with Gasteiger partial charge in [-0.1, -0.05) is 72.8 Å². The molecule has 168 valence electrons. The van der Waals surface area contributed by atoms with Gasteiger partial charge in [-0.05, 0) is 52.1 Å². The number of fused-ring (bicyclic) bond motifs is 5. The smallest absolute Gasteiger partial charge is 0.0757 e. The number of pyridine rings is 1. The van der Waals surface area contributed by atoms with Crippen molar-refractivity contribution in [3.05, 3.63) is 108 Å². The number of nitrogens with zero attached hydrogens (tertiary/aromatic N) is 3. The van der Waals surface area contributed by atoms with Crippen molar-refractivity contribution in [3.8, 4) is 11.3 Å². The van der Waals surface area contributed by atoms with Crippen LogP contribution in [0.1, 0.15) is 16.7 Å². The highest BCUT2D eigenvalue weighted by atomic mass is 15.1. The molecule has 1 aliphatic heterocycles. The van der Waals surface area contributed by atoms with E-state index in [1.54, 1.807) is 0 Å². The molecule has 0 N–H and O–H groups in total. The van der Waals surface area contributed by atoms with Crippen molar-refractivity contribution < 1.29 is 0 Å². The summed E-state index contributed by atoms with van der Waals surface area (Å²) >= 11 is 0. The van der Waals surface area contributed by atoms with Crippen LogP contribution in [0, 0.1) is 0 Å². The fourth-order valence-corrected chi connectivity index (χ4v) is 5.30. The summed E-state index contributed by atoms with van der Waals surface area (Å²) in [6.45, 7) is 2.94. The van der Waals surface area contributed by atoms with Crippen molar-refractivity contribution in [2.45, 2.75) is 19.5 Å². The second-order valence-corrected chi connectivity index (χ2v) is 9.49. The lowest BCUT2D eigenvalue weighted by Crippen LogP contribution is -2.31. The topological polar surface area (TPSA) is 19.4 Å². The summed E-state index contributed by atoms with van der Waals surface area (Å²) in [6, 6.07) is 32.8. The molecule has 4 aromatic carbocycles. The van der Waals surface area contributed by atoms with Crippen molar-refractivity contribution in [2.75, 3.05) is 25.5 Å². The monoisotopic (exact) mass is 443 g/mol. The number of anilines is 1. The van der Waals surface area contributed by atoms with Gasteiger partial charge in [0, 0.05) is 50.4 Å². The molecule has 1 aromatic heterocycles. The Kier molecular flexibility index (Phi) is 5.27. The van der Waals surface area contributed by atoms with E-state index in [-0.39, 0.29) is 0 Å². The van der Waals surface area contributed by atoms with E-state index in [0.29, 0.717) is 0 Å². The molecular formula is C31H29N3. The lowest BCUT2D eigenvalue weighted by atomic mass is 9.89. The Morgan fingerprint density at radius 3 is 2.35 bits per heavy atom. The molecule has 3 heteroatoms. The van der Waals surface area contributed by atoms with Gasteiger partial charge >= 0.3 is 0 Å². The summed E-state index contributed by atoms with van der Waals surface area (Å²) in [4.78, 5) is 9.99. The molecule has 0 bridgehead atoms. The van der Waals surface area contributed by atoms with Crippen molar-refractivity contribution in [2.24, 2.45) is 0 Å². The summed E-state index contributed by atoms with van der Waals surface area (Å²) in [7, 11) is 4.16. The Hall–Kier alpha value is -3.69. The van der Waals surface area contributed by atoms with E-state index in [1.807, 2.05) is 0 Å². The number of hydrogen-bond acceptors (Lipinski definition) is 3. The van der Waals surface area contributed by atoms with Gasteiger partial charge in [0.05, 0.1) is 11.2 Å². The summed E-state index contributed by atoms with van der Waals surface area (Å²) in [6.07, 6.45) is 1.04. The van der Waals surface area contributed by atoms with Crippen molar-refractivity contribution in [1.29, 1.82) is 0 Å². The SMILES string of the molecule is CN(C)c1ccc(-c2nc3ccc4ccccc4c3c3c2CN(Cc2ccccc2)CC3)cc1. The van der Waals surface area contributed by atoms with Gasteiger partial charge in [-0.15, -0.1) is 0 Å². The van der Waals surface area contributed by atoms with Crippen LogP contribution < -0.4 is 4.90 Å². The molecule has 5 aromatic rings. The molecule has 0 radical (unpaired) electrons. The van der Waals surface area contributed by atoms with Gasteiger partial charge in [-0.2, -0.15) is 0 Å². The number of hydrogen-bond donors (Lipinski definition) is 0. The lowest BCUT2D eigenvalue weighted by Gasteiger charge is -2.31. The third-order valence-electron chi connectivity index (χ3n) is 7.06. The van der Waals surface area contributed by atoms with Gasteiger partial charge < -0.3 is 4.90 Å². The van der Waals surface area contributed by atoms with E-state index < -0.39 is 0 Å². The third-order valence-corrected chi connectivity index (χ3v) is 7.06. The normalized spacial score (nSPS) is 13.8. The van der Waals surface area contributed by atoms with Crippen LogP contribution in [0.5, 0.6) is 0 Å². The standard InChI is InChI=1S/C31H29N3/c1-33(2)25-15-12-24(13-16-25)31-28-21-34(20-22-8-4-3-5-9-22)19-18-27(28)30-26-11-7-6-10-23(26)14-17-29(30)32-31/h3-17H,18-21H2,1-2H3. The summed E-state index contributed by atoms with van der Waals surface area (Å²) in [5.74, 6) is 0. The number of rotatable bonds is 4. The molecule has 6 rings (SSSR count). The van der Waals surface area contributed by atoms with Crippen LogP contribution in [0.2, 0.25) is 0 Å². The van der Waals surface area contributed by atoms with Crippen LogP contribution in [-0.2, 0) is 19.5 Å². The summed E-state index contributed by atoms with van der Waals surface area (Å²) in [5.41, 5.74) is 8.83. The quantitative estimate of drug-likeness (QED) is 0.289. The maximum absolute atomic E-state index is 5.28. The maximum atomic E-state index is 5.28. The van der Waals surface area contributed by atoms with E-state index >= 15 is 0 Å². The van der Waals surface area contributed by atoms with Gasteiger partial charge in [-0.25, -0.2) is 4.98 Å². The predicted molar refractivity (Wildman–Crippen MR) is 143 cm³/mol. The van der Waals surface area contributed by atoms with Crippen molar-refractivity contribution >= 4 is 27.4 Å². The molecule has 1 aliphatic rings. The van der Waals surface area contributed by atoms with E-state index in [9.17, 15) is 0 Å². The molecule has 0 saturated heterocycles. The zero-order valence-corrected chi connectivity index (χ0v) is 19.8. The first-order valence-electron chi connectivity index (χ1n) is 12.0. The lowest BCUT2D eigenvalue weighted by molar-refractivity contribution is 0.246. The second-order valence-electron chi connectivity index (χ2n) is 9.49. The van der Waals surface area contributed by atoms with Crippen molar-refractivity contribution in [1.82, 2.24) is 9.88 Å². The average molecular weight is 444 g/mol. The third kappa shape index (κ3) is 3.72. The number of aromatic nitrogens is 1. The molecule has 0 fully saturated rings. The molecule has 0 unspecified atom stereocenters. The van der Waals surface area contributed by atoms with Gasteiger partial charge in [-0.3, -0.25) is 4.90 Å². The van der Waals surface area contributed by atoms with Crippen LogP contribution in [0.3, 0.4) is 0 Å². The Morgan fingerprint density at radius 2 is 1.56 bits per heavy atom. The second kappa shape index (κ2) is 8.58. The fourth-order valence-electron chi connectivity index (χ4n) is 5.30. The molecule has 34 heavy (non-hydrogen) atoms. The molecule has 0 atom stereocenters. The molecule has 0 amide bonds. The molecule has 0 saturated carbocycles. The first-order valence-corrected chi connectivity index (χ1v) is 12.0. The minimum absolute atomic E-state index is 0.918.